The Balaban J connectivity index is 2.10. The lowest BCUT2D eigenvalue weighted by atomic mass is 10.0. The minimum absolute atomic E-state index is 0.0107. The van der Waals surface area contributed by atoms with Crippen molar-refractivity contribution in [1.29, 1.82) is 0 Å². The van der Waals surface area contributed by atoms with E-state index in [4.69, 9.17) is 4.74 Å². The van der Waals surface area contributed by atoms with Crippen molar-refractivity contribution in [2.45, 2.75) is 17.7 Å². The van der Waals surface area contributed by atoms with Gasteiger partial charge in [-0.05, 0) is 29.7 Å². The Kier molecular flexibility index (Phi) is 5.15. The van der Waals surface area contributed by atoms with Gasteiger partial charge in [0.1, 0.15) is 0 Å². The summed E-state index contributed by atoms with van der Waals surface area (Å²) in [6.45, 7) is 2.16. The van der Waals surface area contributed by atoms with Crippen LogP contribution in [0, 0.1) is 5.82 Å². The zero-order chi connectivity index (χ0) is 16.2. The summed E-state index contributed by atoms with van der Waals surface area (Å²) in [5.74, 6) is -0.683. The van der Waals surface area contributed by atoms with E-state index in [9.17, 15) is 12.8 Å². The van der Waals surface area contributed by atoms with Gasteiger partial charge in [-0.25, -0.2) is 17.5 Å². The second kappa shape index (κ2) is 6.89. The second-order valence-corrected chi connectivity index (χ2v) is 6.73. The molecule has 0 aliphatic rings. The van der Waals surface area contributed by atoms with Crippen LogP contribution in [0.3, 0.4) is 0 Å². The Morgan fingerprint density at radius 2 is 1.86 bits per heavy atom. The SMILES string of the molecule is COc1ccc(S(=O)(=O)NC[C@H](C)c2ccccc2)cc1F. The summed E-state index contributed by atoms with van der Waals surface area (Å²) >= 11 is 0. The van der Waals surface area contributed by atoms with Crippen LogP contribution in [0.25, 0.3) is 0 Å². The van der Waals surface area contributed by atoms with Gasteiger partial charge in [0.05, 0.1) is 12.0 Å². The van der Waals surface area contributed by atoms with E-state index in [-0.39, 0.29) is 23.1 Å². The highest BCUT2D eigenvalue weighted by atomic mass is 32.2. The van der Waals surface area contributed by atoms with E-state index in [1.165, 1.54) is 19.2 Å². The minimum Gasteiger partial charge on any atom is -0.494 e. The molecule has 0 unspecified atom stereocenters. The van der Waals surface area contributed by atoms with E-state index in [0.717, 1.165) is 11.6 Å². The van der Waals surface area contributed by atoms with Crippen LogP contribution in [-0.2, 0) is 10.0 Å². The summed E-state index contributed by atoms with van der Waals surface area (Å²) in [5, 5.41) is 0. The Bertz CT molecular complexity index is 732. The summed E-state index contributed by atoms with van der Waals surface area (Å²) in [4.78, 5) is -0.119. The molecule has 0 amide bonds. The Labute approximate surface area is 130 Å². The molecule has 0 aliphatic heterocycles. The Morgan fingerprint density at radius 1 is 1.18 bits per heavy atom. The first kappa shape index (κ1) is 16.5. The normalized spacial score (nSPS) is 12.9. The molecule has 0 saturated heterocycles. The number of hydrogen-bond acceptors (Lipinski definition) is 3. The number of halogens is 1. The first-order valence-electron chi connectivity index (χ1n) is 6.82. The van der Waals surface area contributed by atoms with Crippen molar-refractivity contribution in [3.8, 4) is 5.75 Å². The van der Waals surface area contributed by atoms with Crippen molar-refractivity contribution in [3.05, 3.63) is 59.9 Å². The molecule has 0 saturated carbocycles. The van der Waals surface area contributed by atoms with Crippen molar-refractivity contribution >= 4 is 10.0 Å². The Morgan fingerprint density at radius 3 is 2.45 bits per heavy atom. The maximum atomic E-state index is 13.6. The zero-order valence-electron chi connectivity index (χ0n) is 12.4. The summed E-state index contributed by atoms with van der Waals surface area (Å²) in [6.07, 6.45) is 0. The molecule has 0 spiro atoms. The van der Waals surface area contributed by atoms with Gasteiger partial charge in [0.2, 0.25) is 10.0 Å². The number of hydrogen-bond donors (Lipinski definition) is 1. The smallest absolute Gasteiger partial charge is 0.240 e. The van der Waals surface area contributed by atoms with Gasteiger partial charge in [-0.15, -0.1) is 0 Å². The molecular formula is C16H18FNO3S. The van der Waals surface area contributed by atoms with Gasteiger partial charge >= 0.3 is 0 Å². The first-order valence-corrected chi connectivity index (χ1v) is 8.30. The molecule has 1 atom stereocenters. The molecule has 0 aliphatic carbocycles. The van der Waals surface area contributed by atoms with Gasteiger partial charge in [0, 0.05) is 6.54 Å². The first-order chi connectivity index (χ1) is 10.4. The van der Waals surface area contributed by atoms with Crippen molar-refractivity contribution in [2.24, 2.45) is 0 Å². The number of ether oxygens (including phenoxy) is 1. The molecule has 1 N–H and O–H groups in total. The van der Waals surface area contributed by atoms with E-state index in [1.54, 1.807) is 0 Å². The van der Waals surface area contributed by atoms with Crippen LogP contribution >= 0.6 is 0 Å². The molecule has 6 heteroatoms. The molecule has 2 aromatic rings. The lowest BCUT2D eigenvalue weighted by molar-refractivity contribution is 0.385. The van der Waals surface area contributed by atoms with Crippen LogP contribution in [-0.4, -0.2) is 22.1 Å². The third-order valence-corrected chi connectivity index (χ3v) is 4.80. The summed E-state index contributed by atoms with van der Waals surface area (Å²) in [7, 11) is -2.43. The lowest BCUT2D eigenvalue weighted by Gasteiger charge is -2.13. The molecule has 2 aromatic carbocycles. The number of methoxy groups -OCH3 is 1. The minimum atomic E-state index is -3.76. The van der Waals surface area contributed by atoms with Crippen LogP contribution in [0.4, 0.5) is 4.39 Å². The predicted octanol–water partition coefficient (Wildman–Crippen LogP) is 2.92. The fourth-order valence-corrected chi connectivity index (χ4v) is 3.17. The molecule has 118 valence electrons. The summed E-state index contributed by atoms with van der Waals surface area (Å²) in [5.41, 5.74) is 1.03. The van der Waals surface area contributed by atoms with Gasteiger partial charge in [-0.3, -0.25) is 0 Å². The second-order valence-electron chi connectivity index (χ2n) is 4.96. The van der Waals surface area contributed by atoms with Crippen LogP contribution in [0.15, 0.2) is 53.4 Å². The van der Waals surface area contributed by atoms with Gasteiger partial charge in [-0.1, -0.05) is 37.3 Å². The Hall–Kier alpha value is -1.92. The molecular weight excluding hydrogens is 305 g/mol. The number of benzene rings is 2. The maximum absolute atomic E-state index is 13.6. The quantitative estimate of drug-likeness (QED) is 0.889. The molecule has 4 nitrogen and oxygen atoms in total. The number of rotatable bonds is 6. The van der Waals surface area contributed by atoms with E-state index in [0.29, 0.717) is 0 Å². The van der Waals surface area contributed by atoms with E-state index >= 15 is 0 Å². The fourth-order valence-electron chi connectivity index (χ4n) is 2.03. The highest BCUT2D eigenvalue weighted by Crippen LogP contribution is 2.21. The topological polar surface area (TPSA) is 55.4 Å². The van der Waals surface area contributed by atoms with Crippen molar-refractivity contribution in [1.82, 2.24) is 4.72 Å². The average molecular weight is 323 g/mol. The van der Waals surface area contributed by atoms with Gasteiger partial charge < -0.3 is 4.74 Å². The predicted molar refractivity (Wildman–Crippen MR) is 83.0 cm³/mol. The third kappa shape index (κ3) is 3.84. The highest BCUT2D eigenvalue weighted by Gasteiger charge is 2.18. The molecule has 0 bridgehead atoms. The average Bonchev–Trinajstić information content (AvgIpc) is 2.53. The molecule has 0 radical (unpaired) electrons. The van der Waals surface area contributed by atoms with E-state index < -0.39 is 15.8 Å². The molecule has 22 heavy (non-hydrogen) atoms. The zero-order valence-corrected chi connectivity index (χ0v) is 13.2. The van der Waals surface area contributed by atoms with Gasteiger partial charge in [0.15, 0.2) is 11.6 Å². The molecule has 0 fully saturated rings. The largest absolute Gasteiger partial charge is 0.494 e. The number of nitrogens with one attached hydrogen (secondary N) is 1. The highest BCUT2D eigenvalue weighted by molar-refractivity contribution is 7.89. The third-order valence-electron chi connectivity index (χ3n) is 3.38. The van der Waals surface area contributed by atoms with Crippen molar-refractivity contribution in [3.63, 3.8) is 0 Å². The van der Waals surface area contributed by atoms with Crippen LogP contribution in [0.1, 0.15) is 18.4 Å². The van der Waals surface area contributed by atoms with Crippen LogP contribution in [0.5, 0.6) is 5.75 Å². The van der Waals surface area contributed by atoms with E-state index in [2.05, 4.69) is 4.72 Å². The van der Waals surface area contributed by atoms with Gasteiger partial charge in [0.25, 0.3) is 0 Å². The molecule has 0 heterocycles. The maximum Gasteiger partial charge on any atom is 0.240 e. The van der Waals surface area contributed by atoms with Gasteiger partial charge in [-0.2, -0.15) is 0 Å². The van der Waals surface area contributed by atoms with E-state index in [1.807, 2.05) is 37.3 Å². The van der Waals surface area contributed by atoms with Crippen molar-refractivity contribution < 1.29 is 17.5 Å². The van der Waals surface area contributed by atoms with Crippen LogP contribution < -0.4 is 9.46 Å². The standard InChI is InChI=1S/C16H18FNO3S/c1-12(13-6-4-3-5-7-13)11-18-22(19,20)14-8-9-16(21-2)15(17)10-14/h3-10,12,18H,11H2,1-2H3/t12-/m0/s1. The lowest BCUT2D eigenvalue weighted by Crippen LogP contribution is -2.27. The van der Waals surface area contributed by atoms with Crippen LogP contribution in [0.2, 0.25) is 0 Å². The summed E-state index contributed by atoms with van der Waals surface area (Å²) in [6, 6.07) is 13.1. The van der Waals surface area contributed by atoms with Crippen molar-refractivity contribution in [2.75, 3.05) is 13.7 Å². The molecule has 0 aromatic heterocycles. The monoisotopic (exact) mass is 323 g/mol. The molecule has 2 rings (SSSR count). The summed E-state index contributed by atoms with van der Waals surface area (Å²) < 4.78 is 45.3. The fraction of sp³-hybridized carbons (Fsp3) is 0.250. The number of sulfonamides is 1.